The first-order chi connectivity index (χ1) is 11.4. The first-order valence-corrected chi connectivity index (χ1v) is 9.72. The molecule has 1 saturated carbocycles. The summed E-state index contributed by atoms with van der Waals surface area (Å²) in [4.78, 5) is 25.2. The van der Waals surface area contributed by atoms with Gasteiger partial charge >= 0.3 is 0 Å². The Morgan fingerprint density at radius 3 is 2.29 bits per heavy atom. The number of hydrogen-bond acceptors (Lipinski definition) is 5. The van der Waals surface area contributed by atoms with Crippen molar-refractivity contribution < 1.29 is 22.7 Å². The van der Waals surface area contributed by atoms with Crippen LogP contribution in [0.5, 0.6) is 5.75 Å². The number of carbonyl (C=O) groups excluding carboxylic acids is 2. The van der Waals surface area contributed by atoms with Crippen molar-refractivity contribution in [1.29, 1.82) is 0 Å². The predicted octanol–water partition coefficient (Wildman–Crippen LogP) is 0.342. The van der Waals surface area contributed by atoms with E-state index in [9.17, 15) is 18.0 Å². The largest absolute Gasteiger partial charge is 0.484 e. The predicted molar refractivity (Wildman–Crippen MR) is 87.4 cm³/mol. The molecule has 1 aromatic rings. The summed E-state index contributed by atoms with van der Waals surface area (Å²) in [5.74, 6) is -0.0757. The number of sulfone groups is 1. The normalized spacial score (nSPS) is 22.1. The SMILES string of the molecule is NC(=O)c1ccc(OCC(=O)N(C2CC2)C2CCS(=O)(=O)C2)cc1. The Balaban J connectivity index is 1.61. The van der Waals surface area contributed by atoms with Gasteiger partial charge in [0.25, 0.3) is 5.91 Å². The summed E-state index contributed by atoms with van der Waals surface area (Å²) < 4.78 is 28.8. The minimum Gasteiger partial charge on any atom is -0.484 e. The maximum Gasteiger partial charge on any atom is 0.261 e. The zero-order valence-corrected chi connectivity index (χ0v) is 14.0. The summed E-state index contributed by atoms with van der Waals surface area (Å²) in [6.45, 7) is -0.150. The molecule has 0 aromatic heterocycles. The molecule has 2 N–H and O–H groups in total. The van der Waals surface area contributed by atoms with Gasteiger partial charge in [0.2, 0.25) is 5.91 Å². The molecule has 1 saturated heterocycles. The number of amides is 2. The average Bonchev–Trinajstić information content (AvgIpc) is 3.29. The van der Waals surface area contributed by atoms with Crippen LogP contribution in [0.3, 0.4) is 0 Å². The van der Waals surface area contributed by atoms with E-state index in [1.54, 1.807) is 17.0 Å². The molecule has 1 atom stereocenters. The van der Waals surface area contributed by atoms with Crippen LogP contribution >= 0.6 is 0 Å². The van der Waals surface area contributed by atoms with Gasteiger partial charge in [-0.15, -0.1) is 0 Å². The third-order valence-corrected chi connectivity index (χ3v) is 6.08. The molecular formula is C16H20N2O5S. The van der Waals surface area contributed by atoms with Gasteiger partial charge in [-0.25, -0.2) is 8.42 Å². The van der Waals surface area contributed by atoms with Crippen LogP contribution in [0.4, 0.5) is 0 Å². The van der Waals surface area contributed by atoms with Gasteiger partial charge in [-0.1, -0.05) is 0 Å². The highest BCUT2D eigenvalue weighted by molar-refractivity contribution is 7.91. The number of rotatable bonds is 6. The second-order valence-electron chi connectivity index (χ2n) is 6.27. The first kappa shape index (κ1) is 16.8. The van der Waals surface area contributed by atoms with Gasteiger partial charge in [-0.05, 0) is 43.5 Å². The monoisotopic (exact) mass is 352 g/mol. The minimum atomic E-state index is -3.04. The van der Waals surface area contributed by atoms with E-state index >= 15 is 0 Å². The van der Waals surface area contributed by atoms with E-state index in [0.29, 0.717) is 17.7 Å². The van der Waals surface area contributed by atoms with Crippen LogP contribution in [-0.2, 0) is 14.6 Å². The second-order valence-corrected chi connectivity index (χ2v) is 8.50. The Morgan fingerprint density at radius 1 is 1.12 bits per heavy atom. The van der Waals surface area contributed by atoms with E-state index in [-0.39, 0.29) is 36.1 Å². The minimum absolute atomic E-state index is 0.0442. The molecule has 1 aromatic carbocycles. The molecule has 24 heavy (non-hydrogen) atoms. The lowest BCUT2D eigenvalue weighted by Crippen LogP contribution is -2.45. The Morgan fingerprint density at radius 2 is 1.79 bits per heavy atom. The molecule has 1 heterocycles. The average molecular weight is 352 g/mol. The second kappa shape index (κ2) is 6.43. The van der Waals surface area contributed by atoms with Gasteiger partial charge in [0.15, 0.2) is 16.4 Å². The molecule has 0 bridgehead atoms. The molecule has 1 unspecified atom stereocenters. The van der Waals surface area contributed by atoms with E-state index < -0.39 is 15.7 Å². The summed E-state index contributed by atoms with van der Waals surface area (Å²) in [6, 6.07) is 6.12. The van der Waals surface area contributed by atoms with E-state index in [1.165, 1.54) is 12.1 Å². The van der Waals surface area contributed by atoms with Gasteiger partial charge in [0.05, 0.1) is 11.5 Å². The Kier molecular flexibility index (Phi) is 4.49. The fourth-order valence-electron chi connectivity index (χ4n) is 2.99. The molecular weight excluding hydrogens is 332 g/mol. The van der Waals surface area contributed by atoms with Crippen LogP contribution in [0.1, 0.15) is 29.6 Å². The quantitative estimate of drug-likeness (QED) is 0.795. The van der Waals surface area contributed by atoms with Crippen LogP contribution in [-0.4, -0.2) is 55.3 Å². The lowest BCUT2D eigenvalue weighted by molar-refractivity contribution is -0.135. The topological polar surface area (TPSA) is 107 Å². The summed E-state index contributed by atoms with van der Waals surface area (Å²) in [7, 11) is -3.04. The first-order valence-electron chi connectivity index (χ1n) is 7.90. The molecule has 0 radical (unpaired) electrons. The molecule has 2 aliphatic rings. The van der Waals surface area contributed by atoms with E-state index in [0.717, 1.165) is 12.8 Å². The highest BCUT2D eigenvalue weighted by atomic mass is 32.2. The van der Waals surface area contributed by atoms with Crippen LogP contribution in [0.15, 0.2) is 24.3 Å². The number of nitrogens with zero attached hydrogens (tertiary/aromatic N) is 1. The van der Waals surface area contributed by atoms with Gasteiger partial charge in [-0.2, -0.15) is 0 Å². The molecule has 2 fully saturated rings. The maximum absolute atomic E-state index is 12.5. The number of benzene rings is 1. The van der Waals surface area contributed by atoms with E-state index in [2.05, 4.69) is 0 Å². The lowest BCUT2D eigenvalue weighted by atomic mass is 10.2. The summed E-state index contributed by atoms with van der Waals surface area (Å²) in [5, 5.41) is 0. The van der Waals surface area contributed by atoms with Gasteiger partial charge in [-0.3, -0.25) is 9.59 Å². The smallest absolute Gasteiger partial charge is 0.261 e. The Bertz CT molecular complexity index is 740. The van der Waals surface area contributed by atoms with Crippen molar-refractivity contribution in [2.24, 2.45) is 5.73 Å². The number of nitrogens with two attached hydrogens (primary N) is 1. The summed E-state index contributed by atoms with van der Waals surface area (Å²) >= 11 is 0. The van der Waals surface area contributed by atoms with Crippen molar-refractivity contribution >= 4 is 21.7 Å². The highest BCUT2D eigenvalue weighted by Gasteiger charge is 2.42. The fourth-order valence-corrected chi connectivity index (χ4v) is 4.70. The van der Waals surface area contributed by atoms with Crippen molar-refractivity contribution in [3.8, 4) is 5.75 Å². The zero-order valence-electron chi connectivity index (χ0n) is 13.2. The highest BCUT2D eigenvalue weighted by Crippen LogP contribution is 2.32. The molecule has 3 rings (SSSR count). The third-order valence-electron chi connectivity index (χ3n) is 4.33. The van der Waals surface area contributed by atoms with Crippen molar-refractivity contribution in [1.82, 2.24) is 4.90 Å². The van der Waals surface area contributed by atoms with Crippen LogP contribution in [0.25, 0.3) is 0 Å². The van der Waals surface area contributed by atoms with Crippen LogP contribution in [0.2, 0.25) is 0 Å². The maximum atomic E-state index is 12.5. The number of carbonyl (C=O) groups is 2. The molecule has 130 valence electrons. The van der Waals surface area contributed by atoms with E-state index in [1.807, 2.05) is 0 Å². The molecule has 7 nitrogen and oxygen atoms in total. The third kappa shape index (κ3) is 3.87. The van der Waals surface area contributed by atoms with Crippen molar-refractivity contribution in [2.75, 3.05) is 18.1 Å². The molecule has 8 heteroatoms. The molecule has 2 amide bonds. The summed E-state index contributed by atoms with van der Waals surface area (Å²) in [5.41, 5.74) is 5.53. The van der Waals surface area contributed by atoms with Crippen molar-refractivity contribution in [3.63, 3.8) is 0 Å². The number of hydrogen-bond donors (Lipinski definition) is 1. The zero-order chi connectivity index (χ0) is 17.3. The van der Waals surface area contributed by atoms with Crippen LogP contribution in [0, 0.1) is 0 Å². The molecule has 1 aliphatic carbocycles. The number of ether oxygens (including phenoxy) is 1. The van der Waals surface area contributed by atoms with Gasteiger partial charge < -0.3 is 15.4 Å². The van der Waals surface area contributed by atoms with E-state index in [4.69, 9.17) is 10.5 Å². The van der Waals surface area contributed by atoms with Gasteiger partial charge in [0.1, 0.15) is 5.75 Å². The summed E-state index contributed by atoms with van der Waals surface area (Å²) in [6.07, 6.45) is 2.32. The van der Waals surface area contributed by atoms with Crippen molar-refractivity contribution in [3.05, 3.63) is 29.8 Å². The Hall–Kier alpha value is -2.09. The number of primary amides is 1. The van der Waals surface area contributed by atoms with Gasteiger partial charge in [0, 0.05) is 17.6 Å². The lowest BCUT2D eigenvalue weighted by Gasteiger charge is -2.28. The fraction of sp³-hybridized carbons (Fsp3) is 0.500. The molecule has 1 aliphatic heterocycles. The molecule has 0 spiro atoms. The van der Waals surface area contributed by atoms with Crippen LogP contribution < -0.4 is 10.5 Å². The van der Waals surface area contributed by atoms with Crippen molar-refractivity contribution in [2.45, 2.75) is 31.3 Å². The Labute approximate surface area is 140 Å². The standard InChI is InChI=1S/C16H20N2O5S/c17-16(20)11-1-5-14(6-2-11)23-9-15(19)18(12-3-4-12)13-7-8-24(21,22)10-13/h1-2,5-6,12-13H,3-4,7-10H2,(H2,17,20).